The minimum absolute atomic E-state index is 0.0854. The lowest BCUT2D eigenvalue weighted by molar-refractivity contribution is 0.0976. The second kappa shape index (κ2) is 9.75. The van der Waals surface area contributed by atoms with Gasteiger partial charge in [0.2, 0.25) is 10.9 Å². The topological polar surface area (TPSA) is 73.8 Å². The van der Waals surface area contributed by atoms with E-state index >= 15 is 0 Å². The molecule has 0 unspecified atom stereocenters. The Labute approximate surface area is 195 Å². The lowest BCUT2D eigenvalue weighted by Crippen LogP contribution is -2.39. The maximum atomic E-state index is 13.5. The first-order valence-electron chi connectivity index (χ1n) is 10.3. The number of amides is 1. The first kappa shape index (κ1) is 22.4. The highest BCUT2D eigenvalue weighted by molar-refractivity contribution is 7.18. The second-order valence-corrected chi connectivity index (χ2v) is 8.82. The van der Waals surface area contributed by atoms with Gasteiger partial charge in [-0.25, -0.2) is 0 Å². The third kappa shape index (κ3) is 4.38. The fourth-order valence-corrected chi connectivity index (χ4v) is 5.06. The molecule has 1 aromatic heterocycles. The molecular weight excluding hydrogens is 450 g/mol. The van der Waals surface area contributed by atoms with Crippen LogP contribution in [0.15, 0.2) is 36.4 Å². The Morgan fingerprint density at radius 3 is 2.31 bits per heavy atom. The van der Waals surface area contributed by atoms with Gasteiger partial charge in [-0.1, -0.05) is 41.8 Å². The molecule has 32 heavy (non-hydrogen) atoms. The van der Waals surface area contributed by atoms with Gasteiger partial charge in [-0.3, -0.25) is 9.69 Å². The standard InChI is InChI=1S/C23H24ClN3O4S/c1-29-18-12-15(13-19(30-2)20(18)31-3)21-25-26-23(32-21)27(17-9-4-5-10-17)22(28)14-7-6-8-16(24)11-14/h6-8,11-13,17H,4-5,9-10H2,1-3H3. The molecule has 0 saturated heterocycles. The molecule has 1 saturated carbocycles. The number of hydrogen-bond donors (Lipinski definition) is 0. The SMILES string of the molecule is COc1cc(-c2nnc(N(C(=O)c3cccc(Cl)c3)C3CCCC3)s2)cc(OC)c1OC. The zero-order valence-electron chi connectivity index (χ0n) is 18.1. The molecule has 1 heterocycles. The number of ether oxygens (including phenoxy) is 3. The number of rotatable bonds is 7. The summed E-state index contributed by atoms with van der Waals surface area (Å²) in [4.78, 5) is 15.2. The number of carbonyl (C=O) groups excluding carboxylic acids is 1. The van der Waals surface area contributed by atoms with Crippen LogP contribution in [0.25, 0.3) is 10.6 Å². The molecule has 0 bridgehead atoms. The van der Waals surface area contributed by atoms with Gasteiger partial charge in [0.25, 0.3) is 5.91 Å². The minimum atomic E-state index is -0.119. The van der Waals surface area contributed by atoms with Crippen LogP contribution in [-0.2, 0) is 0 Å². The van der Waals surface area contributed by atoms with E-state index in [1.54, 1.807) is 50.5 Å². The van der Waals surface area contributed by atoms with Crippen molar-refractivity contribution < 1.29 is 19.0 Å². The van der Waals surface area contributed by atoms with Crippen LogP contribution in [0.5, 0.6) is 17.2 Å². The molecule has 1 aliphatic carbocycles. The second-order valence-electron chi connectivity index (χ2n) is 7.43. The molecule has 0 atom stereocenters. The fourth-order valence-electron chi connectivity index (χ4n) is 3.97. The van der Waals surface area contributed by atoms with Crippen molar-refractivity contribution in [2.75, 3.05) is 26.2 Å². The Kier molecular flexibility index (Phi) is 6.81. The molecule has 1 amide bonds. The van der Waals surface area contributed by atoms with Gasteiger partial charge in [0, 0.05) is 22.2 Å². The van der Waals surface area contributed by atoms with Crippen molar-refractivity contribution in [3.8, 4) is 27.8 Å². The van der Waals surface area contributed by atoms with Crippen LogP contribution in [0.2, 0.25) is 5.02 Å². The Morgan fingerprint density at radius 2 is 1.72 bits per heavy atom. The highest BCUT2D eigenvalue weighted by atomic mass is 35.5. The molecule has 2 aromatic carbocycles. The third-order valence-electron chi connectivity index (χ3n) is 5.51. The zero-order chi connectivity index (χ0) is 22.7. The van der Waals surface area contributed by atoms with E-state index in [-0.39, 0.29) is 11.9 Å². The van der Waals surface area contributed by atoms with Gasteiger partial charge in [-0.15, -0.1) is 10.2 Å². The van der Waals surface area contributed by atoms with Crippen LogP contribution in [0, 0.1) is 0 Å². The third-order valence-corrected chi connectivity index (χ3v) is 6.72. The molecule has 0 radical (unpaired) electrons. The lowest BCUT2D eigenvalue weighted by atomic mass is 10.1. The van der Waals surface area contributed by atoms with Gasteiger partial charge in [-0.05, 0) is 43.2 Å². The van der Waals surface area contributed by atoms with Gasteiger partial charge in [0.15, 0.2) is 11.5 Å². The van der Waals surface area contributed by atoms with E-state index < -0.39 is 0 Å². The normalized spacial score (nSPS) is 13.8. The summed E-state index contributed by atoms with van der Waals surface area (Å²) in [6.07, 6.45) is 4.04. The van der Waals surface area contributed by atoms with Crippen molar-refractivity contribution in [3.63, 3.8) is 0 Å². The van der Waals surface area contributed by atoms with Gasteiger partial charge in [-0.2, -0.15) is 0 Å². The van der Waals surface area contributed by atoms with Crippen LogP contribution in [-0.4, -0.2) is 43.5 Å². The van der Waals surface area contributed by atoms with Gasteiger partial charge < -0.3 is 14.2 Å². The lowest BCUT2D eigenvalue weighted by Gasteiger charge is -2.26. The van der Waals surface area contributed by atoms with Crippen molar-refractivity contribution in [1.29, 1.82) is 0 Å². The van der Waals surface area contributed by atoms with Crippen molar-refractivity contribution in [2.24, 2.45) is 0 Å². The largest absolute Gasteiger partial charge is 0.493 e. The van der Waals surface area contributed by atoms with Crippen LogP contribution in [0.3, 0.4) is 0 Å². The number of carbonyl (C=O) groups is 1. The molecule has 4 rings (SSSR count). The number of anilines is 1. The minimum Gasteiger partial charge on any atom is -0.493 e. The average Bonchev–Trinajstić information content (AvgIpc) is 3.51. The summed E-state index contributed by atoms with van der Waals surface area (Å²) < 4.78 is 16.3. The van der Waals surface area contributed by atoms with Crippen molar-refractivity contribution in [1.82, 2.24) is 10.2 Å². The summed E-state index contributed by atoms with van der Waals surface area (Å²) in [6.45, 7) is 0. The number of aromatic nitrogens is 2. The number of hydrogen-bond acceptors (Lipinski definition) is 7. The molecule has 0 aliphatic heterocycles. The Hall–Kier alpha value is -2.84. The maximum Gasteiger partial charge on any atom is 0.260 e. The molecule has 1 aliphatic rings. The predicted molar refractivity (Wildman–Crippen MR) is 126 cm³/mol. The van der Waals surface area contributed by atoms with Crippen molar-refractivity contribution in [2.45, 2.75) is 31.7 Å². The monoisotopic (exact) mass is 473 g/mol. The van der Waals surface area contributed by atoms with Gasteiger partial charge in [0.1, 0.15) is 5.01 Å². The maximum absolute atomic E-state index is 13.5. The smallest absolute Gasteiger partial charge is 0.260 e. The molecule has 1 fully saturated rings. The van der Waals surface area contributed by atoms with E-state index in [9.17, 15) is 4.79 Å². The number of nitrogens with zero attached hydrogens (tertiary/aromatic N) is 3. The Bertz CT molecular complexity index is 1090. The Balaban J connectivity index is 1.73. The molecule has 168 valence electrons. The van der Waals surface area contributed by atoms with E-state index in [0.717, 1.165) is 31.2 Å². The first-order chi connectivity index (χ1) is 15.5. The van der Waals surface area contributed by atoms with Crippen LogP contribution in [0.1, 0.15) is 36.0 Å². The fraction of sp³-hybridized carbons (Fsp3) is 0.348. The quantitative estimate of drug-likeness (QED) is 0.452. The molecule has 0 N–H and O–H groups in total. The molecular formula is C23H24ClN3O4S. The highest BCUT2D eigenvalue weighted by Crippen LogP contribution is 2.43. The summed E-state index contributed by atoms with van der Waals surface area (Å²) in [7, 11) is 4.69. The molecule has 0 spiro atoms. The van der Waals surface area contributed by atoms with E-state index in [4.69, 9.17) is 25.8 Å². The van der Waals surface area contributed by atoms with E-state index in [0.29, 0.717) is 38.0 Å². The van der Waals surface area contributed by atoms with E-state index in [2.05, 4.69) is 10.2 Å². The summed E-state index contributed by atoms with van der Waals surface area (Å²) >= 11 is 7.49. The van der Waals surface area contributed by atoms with Crippen molar-refractivity contribution >= 4 is 34.0 Å². The van der Waals surface area contributed by atoms with E-state index in [1.807, 2.05) is 12.1 Å². The van der Waals surface area contributed by atoms with Crippen LogP contribution in [0.4, 0.5) is 5.13 Å². The first-order valence-corrected chi connectivity index (χ1v) is 11.5. The van der Waals surface area contributed by atoms with Crippen LogP contribution < -0.4 is 19.1 Å². The Morgan fingerprint density at radius 1 is 1.03 bits per heavy atom. The van der Waals surface area contributed by atoms with Gasteiger partial charge in [0.05, 0.1) is 21.3 Å². The number of benzene rings is 2. The zero-order valence-corrected chi connectivity index (χ0v) is 19.7. The molecule has 9 heteroatoms. The van der Waals surface area contributed by atoms with E-state index in [1.165, 1.54) is 11.3 Å². The molecule has 7 nitrogen and oxygen atoms in total. The highest BCUT2D eigenvalue weighted by Gasteiger charge is 2.32. The number of halogens is 1. The van der Waals surface area contributed by atoms with Crippen LogP contribution >= 0.6 is 22.9 Å². The average molecular weight is 474 g/mol. The summed E-state index contributed by atoms with van der Waals surface area (Å²) in [6, 6.07) is 10.7. The van der Waals surface area contributed by atoms with Crippen molar-refractivity contribution in [3.05, 3.63) is 47.0 Å². The van der Waals surface area contributed by atoms with Gasteiger partial charge >= 0.3 is 0 Å². The number of methoxy groups -OCH3 is 3. The predicted octanol–water partition coefficient (Wildman–Crippen LogP) is 5.47. The summed E-state index contributed by atoms with van der Waals surface area (Å²) in [5, 5.41) is 10.5. The summed E-state index contributed by atoms with van der Waals surface area (Å²) in [5.74, 6) is 1.45. The molecule has 3 aromatic rings. The summed E-state index contributed by atoms with van der Waals surface area (Å²) in [5.41, 5.74) is 1.30.